The van der Waals surface area contributed by atoms with Gasteiger partial charge in [0.1, 0.15) is 17.3 Å². The van der Waals surface area contributed by atoms with E-state index in [0.29, 0.717) is 36.8 Å². The Balaban J connectivity index is 1.49. The van der Waals surface area contributed by atoms with Crippen molar-refractivity contribution in [1.82, 2.24) is 10.2 Å². The van der Waals surface area contributed by atoms with E-state index in [0.717, 1.165) is 19.5 Å². The van der Waals surface area contributed by atoms with Crippen molar-refractivity contribution >= 4 is 23.2 Å². The molecule has 0 aromatic heterocycles. The van der Waals surface area contributed by atoms with E-state index >= 15 is 0 Å². The summed E-state index contributed by atoms with van der Waals surface area (Å²) in [6, 6.07) is 8.56. The summed E-state index contributed by atoms with van der Waals surface area (Å²) >= 11 is 6.06. The third kappa shape index (κ3) is 6.23. The topological polar surface area (TPSA) is 76.8 Å². The van der Waals surface area contributed by atoms with Gasteiger partial charge in [-0.05, 0) is 43.2 Å². The maximum absolute atomic E-state index is 13.8. The fourth-order valence-corrected chi connectivity index (χ4v) is 3.99. The van der Waals surface area contributed by atoms with Crippen molar-refractivity contribution in [2.24, 2.45) is 5.92 Å². The molecule has 0 aliphatic carbocycles. The van der Waals surface area contributed by atoms with Gasteiger partial charge < -0.3 is 25.4 Å². The van der Waals surface area contributed by atoms with Gasteiger partial charge in [-0.1, -0.05) is 11.6 Å². The second-order valence-corrected chi connectivity index (χ2v) is 8.22. The number of likely N-dealkylation sites (tertiary alicyclic amines) is 1. The van der Waals surface area contributed by atoms with Crippen molar-refractivity contribution in [1.29, 1.82) is 0 Å². The Morgan fingerprint density at radius 2 is 2.06 bits per heavy atom. The number of carbonyl (C=O) groups excluding carboxylic acids is 1. The lowest BCUT2D eigenvalue weighted by Crippen LogP contribution is -2.52. The molecule has 3 N–H and O–H groups in total. The molecular formula is C23H28ClF2N3O3. The molecule has 2 aromatic carbocycles. The summed E-state index contributed by atoms with van der Waals surface area (Å²) in [4.78, 5) is 15.0. The van der Waals surface area contributed by atoms with Crippen molar-refractivity contribution in [3.8, 4) is 11.5 Å². The molecule has 6 nitrogen and oxygen atoms in total. The van der Waals surface area contributed by atoms with Crippen molar-refractivity contribution < 1.29 is 23.0 Å². The van der Waals surface area contributed by atoms with Crippen LogP contribution >= 0.6 is 11.6 Å². The molecule has 32 heavy (non-hydrogen) atoms. The average molecular weight is 468 g/mol. The molecule has 2 atom stereocenters. The Kier molecular flexibility index (Phi) is 8.53. The third-order valence-electron chi connectivity index (χ3n) is 5.60. The van der Waals surface area contributed by atoms with Crippen LogP contribution in [0.1, 0.15) is 23.2 Å². The van der Waals surface area contributed by atoms with Crippen LogP contribution in [-0.4, -0.2) is 56.9 Å². The van der Waals surface area contributed by atoms with Crippen LogP contribution in [0.3, 0.4) is 0 Å². The highest BCUT2D eigenvalue weighted by Crippen LogP contribution is 2.29. The molecule has 174 valence electrons. The molecule has 9 heteroatoms. The van der Waals surface area contributed by atoms with Gasteiger partial charge in [-0.15, -0.1) is 0 Å². The van der Waals surface area contributed by atoms with Crippen LogP contribution in [0, 0.1) is 11.7 Å². The fourth-order valence-electron chi connectivity index (χ4n) is 3.83. The number of halogens is 3. The number of amides is 1. The van der Waals surface area contributed by atoms with Gasteiger partial charge in [0.2, 0.25) is 0 Å². The van der Waals surface area contributed by atoms with Gasteiger partial charge in [0.25, 0.3) is 5.91 Å². The number of benzene rings is 2. The molecule has 2 aromatic rings. The smallest absolute Gasteiger partial charge is 0.255 e. The lowest BCUT2D eigenvalue weighted by molar-refractivity contribution is 0.0810. The molecule has 1 amide bonds. The van der Waals surface area contributed by atoms with Crippen LogP contribution in [0.25, 0.3) is 0 Å². The first-order chi connectivity index (χ1) is 15.4. The number of nitrogen functional groups attached to an aromatic ring is 1. The number of hydrogen-bond donors (Lipinski definition) is 2. The van der Waals surface area contributed by atoms with Gasteiger partial charge in [-0.3, -0.25) is 9.18 Å². The number of piperidine rings is 1. The van der Waals surface area contributed by atoms with Gasteiger partial charge in [0, 0.05) is 37.7 Å². The Hall–Kier alpha value is -2.58. The number of nitrogens with one attached hydrogen (secondary N) is 1. The summed E-state index contributed by atoms with van der Waals surface area (Å²) in [6.07, 6.45) is 1.39. The highest BCUT2D eigenvalue weighted by molar-refractivity contribution is 6.33. The van der Waals surface area contributed by atoms with E-state index in [2.05, 4.69) is 10.2 Å². The predicted octanol–water partition coefficient (Wildman–Crippen LogP) is 3.93. The minimum atomic E-state index is -0.535. The van der Waals surface area contributed by atoms with E-state index in [1.54, 1.807) is 12.1 Å². The maximum Gasteiger partial charge on any atom is 0.255 e. The number of carbonyl (C=O) groups is 1. The van der Waals surface area contributed by atoms with Crippen LogP contribution in [0.4, 0.5) is 14.5 Å². The highest BCUT2D eigenvalue weighted by Gasteiger charge is 2.31. The molecule has 3 rings (SSSR count). The van der Waals surface area contributed by atoms with E-state index in [9.17, 15) is 13.6 Å². The molecule has 1 fully saturated rings. The summed E-state index contributed by atoms with van der Waals surface area (Å²) in [5.41, 5.74) is 6.36. The monoisotopic (exact) mass is 467 g/mol. The lowest BCUT2D eigenvalue weighted by atomic mass is 9.92. The van der Waals surface area contributed by atoms with E-state index in [1.165, 1.54) is 31.4 Å². The second kappa shape index (κ2) is 11.3. The van der Waals surface area contributed by atoms with Crippen molar-refractivity contribution in [2.75, 3.05) is 45.8 Å². The van der Waals surface area contributed by atoms with Crippen molar-refractivity contribution in [2.45, 2.75) is 18.9 Å². The van der Waals surface area contributed by atoms with Gasteiger partial charge in [-0.2, -0.15) is 0 Å². The maximum atomic E-state index is 13.8. The number of ether oxygens (including phenoxy) is 2. The molecule has 1 saturated heterocycles. The summed E-state index contributed by atoms with van der Waals surface area (Å²) in [6.45, 7) is 1.97. The molecule has 0 radical (unpaired) electrons. The van der Waals surface area contributed by atoms with Gasteiger partial charge in [-0.25, -0.2) is 4.39 Å². The van der Waals surface area contributed by atoms with Crippen LogP contribution < -0.4 is 20.5 Å². The van der Waals surface area contributed by atoms with Crippen molar-refractivity contribution in [3.05, 3.63) is 52.8 Å². The van der Waals surface area contributed by atoms with Gasteiger partial charge in [0.15, 0.2) is 0 Å². The van der Waals surface area contributed by atoms with Gasteiger partial charge in [0.05, 0.1) is 36.7 Å². The third-order valence-corrected chi connectivity index (χ3v) is 5.92. The Morgan fingerprint density at radius 1 is 1.31 bits per heavy atom. The number of alkyl halides is 1. The zero-order valence-corrected chi connectivity index (χ0v) is 18.7. The van der Waals surface area contributed by atoms with Crippen LogP contribution in [0.15, 0.2) is 36.4 Å². The summed E-state index contributed by atoms with van der Waals surface area (Å²) in [5, 5.41) is 3.19. The molecule has 0 bridgehead atoms. The molecule has 2 unspecified atom stereocenters. The van der Waals surface area contributed by atoms with E-state index in [-0.39, 0.29) is 34.3 Å². The number of hydrogen-bond acceptors (Lipinski definition) is 5. The first-order valence-electron chi connectivity index (χ1n) is 10.5. The summed E-state index contributed by atoms with van der Waals surface area (Å²) in [7, 11) is 1.45. The second-order valence-electron chi connectivity index (χ2n) is 7.81. The number of rotatable bonds is 9. The van der Waals surface area contributed by atoms with E-state index < -0.39 is 6.67 Å². The zero-order valence-electron chi connectivity index (χ0n) is 18.0. The van der Waals surface area contributed by atoms with Crippen molar-refractivity contribution in [3.63, 3.8) is 0 Å². The predicted molar refractivity (Wildman–Crippen MR) is 121 cm³/mol. The van der Waals surface area contributed by atoms with Crippen LogP contribution in [0.2, 0.25) is 5.02 Å². The molecular weight excluding hydrogens is 440 g/mol. The molecule has 0 saturated carbocycles. The zero-order chi connectivity index (χ0) is 23.1. The highest BCUT2D eigenvalue weighted by atomic mass is 35.5. The SMILES string of the molecule is COc1cc(N)c(Cl)cc1C(=O)NC1CCN(CCCOc2ccc(F)cc2)CC1CF. The lowest BCUT2D eigenvalue weighted by Gasteiger charge is -2.37. The number of anilines is 1. The standard InChI is InChI=1S/C23H28ClF2N3O3/c1-31-22-12-20(27)19(24)11-18(22)23(30)28-21-7-9-29(14-15(21)13-25)8-2-10-32-17-5-3-16(26)4-6-17/h3-6,11-12,15,21H,2,7-10,13-14,27H2,1H3,(H,28,30). The Morgan fingerprint density at radius 3 is 2.75 bits per heavy atom. The molecule has 1 aliphatic heterocycles. The average Bonchev–Trinajstić information content (AvgIpc) is 2.80. The minimum absolute atomic E-state index is 0.260. The quantitative estimate of drug-likeness (QED) is 0.431. The molecule has 1 heterocycles. The summed E-state index contributed by atoms with van der Waals surface area (Å²) in [5.74, 6) is -0.0516. The normalized spacial score (nSPS) is 18.9. The van der Waals surface area contributed by atoms with E-state index in [4.69, 9.17) is 26.8 Å². The van der Waals surface area contributed by atoms with Crippen LogP contribution in [0.5, 0.6) is 11.5 Å². The number of nitrogens with zero attached hydrogens (tertiary/aromatic N) is 1. The molecule has 0 spiro atoms. The van der Waals surface area contributed by atoms with E-state index in [1.807, 2.05) is 0 Å². The largest absolute Gasteiger partial charge is 0.496 e. The Bertz CT molecular complexity index is 914. The first kappa shape index (κ1) is 24.1. The minimum Gasteiger partial charge on any atom is -0.496 e. The fraction of sp³-hybridized carbons (Fsp3) is 0.435. The number of methoxy groups -OCH3 is 1. The van der Waals surface area contributed by atoms with Crippen LogP contribution in [-0.2, 0) is 0 Å². The Labute approximate surface area is 191 Å². The molecule has 1 aliphatic rings. The first-order valence-corrected chi connectivity index (χ1v) is 10.9. The number of nitrogens with two attached hydrogens (primary N) is 1. The van der Waals surface area contributed by atoms with Gasteiger partial charge >= 0.3 is 0 Å². The summed E-state index contributed by atoms with van der Waals surface area (Å²) < 4.78 is 37.5.